The Labute approximate surface area is 217 Å². The Kier molecular flexibility index (Phi) is 8.37. The highest BCUT2D eigenvalue weighted by molar-refractivity contribution is 6.00. The molecular formula is C32H40N2O2. The molecule has 0 spiro atoms. The summed E-state index contributed by atoms with van der Waals surface area (Å²) in [5.41, 5.74) is 7.21. The Morgan fingerprint density at radius 3 is 1.97 bits per heavy atom. The Hall–Kier alpha value is -3.24. The monoisotopic (exact) mass is 484 g/mol. The van der Waals surface area contributed by atoms with Crippen molar-refractivity contribution in [2.45, 2.75) is 33.7 Å². The van der Waals surface area contributed by atoms with Gasteiger partial charge in [0.2, 0.25) is 0 Å². The van der Waals surface area contributed by atoms with Crippen LogP contribution < -0.4 is 14.4 Å². The first-order chi connectivity index (χ1) is 17.4. The van der Waals surface area contributed by atoms with Gasteiger partial charge in [0.1, 0.15) is 11.5 Å². The number of methoxy groups -OCH3 is 2. The second-order valence-electron chi connectivity index (χ2n) is 10.0. The summed E-state index contributed by atoms with van der Waals surface area (Å²) in [7, 11) is 3.50. The van der Waals surface area contributed by atoms with Crippen molar-refractivity contribution in [3.05, 3.63) is 89.5 Å². The summed E-state index contributed by atoms with van der Waals surface area (Å²) in [6.07, 6.45) is 0. The number of rotatable bonds is 8. The van der Waals surface area contributed by atoms with Gasteiger partial charge in [0.25, 0.3) is 0 Å². The van der Waals surface area contributed by atoms with Gasteiger partial charge in [0, 0.05) is 32.2 Å². The smallest absolute Gasteiger partial charge is 0.142 e. The molecule has 0 N–H and O–H groups in total. The quantitative estimate of drug-likeness (QED) is 0.327. The van der Waals surface area contributed by atoms with Crippen molar-refractivity contribution < 1.29 is 9.47 Å². The van der Waals surface area contributed by atoms with E-state index >= 15 is 0 Å². The minimum absolute atomic E-state index is 0.323. The molecule has 0 atom stereocenters. The van der Waals surface area contributed by atoms with Crippen molar-refractivity contribution in [1.29, 1.82) is 0 Å². The average Bonchev–Trinajstić information content (AvgIpc) is 2.91. The number of hydrogen-bond acceptors (Lipinski definition) is 4. The molecule has 0 saturated carbocycles. The molecule has 190 valence electrons. The van der Waals surface area contributed by atoms with E-state index in [2.05, 4.69) is 104 Å². The molecule has 0 bridgehead atoms. The second kappa shape index (κ2) is 11.7. The molecule has 1 saturated heterocycles. The number of anilines is 1. The summed E-state index contributed by atoms with van der Waals surface area (Å²) < 4.78 is 11.6. The minimum Gasteiger partial charge on any atom is -0.497 e. The number of hydrogen-bond donors (Lipinski definition) is 0. The van der Waals surface area contributed by atoms with Gasteiger partial charge in [0.15, 0.2) is 0 Å². The molecule has 4 heteroatoms. The van der Waals surface area contributed by atoms with Crippen LogP contribution in [0.5, 0.6) is 11.5 Å². The number of nitrogens with zero attached hydrogens (tertiary/aromatic N) is 2. The van der Waals surface area contributed by atoms with Crippen LogP contribution in [0.25, 0.3) is 11.1 Å². The fourth-order valence-electron chi connectivity index (χ4n) is 5.21. The van der Waals surface area contributed by atoms with Gasteiger partial charge >= 0.3 is 0 Å². The first kappa shape index (κ1) is 25.8. The normalized spacial score (nSPS) is 15.3. The number of benzene rings is 3. The summed E-state index contributed by atoms with van der Waals surface area (Å²) in [5.74, 6) is 2.10. The summed E-state index contributed by atoms with van der Waals surface area (Å²) in [6, 6.07) is 26.4. The number of piperazine rings is 1. The van der Waals surface area contributed by atoms with Crippen molar-refractivity contribution in [3.63, 3.8) is 0 Å². The fourth-order valence-corrected chi connectivity index (χ4v) is 5.21. The lowest BCUT2D eigenvalue weighted by Crippen LogP contribution is -2.49. The minimum atomic E-state index is 0.323. The van der Waals surface area contributed by atoms with E-state index < -0.39 is 0 Å². The van der Waals surface area contributed by atoms with E-state index in [1.54, 1.807) is 14.2 Å². The van der Waals surface area contributed by atoms with Crippen molar-refractivity contribution in [3.8, 4) is 11.5 Å². The van der Waals surface area contributed by atoms with Gasteiger partial charge in [-0.25, -0.2) is 0 Å². The second-order valence-corrected chi connectivity index (χ2v) is 10.0. The largest absolute Gasteiger partial charge is 0.497 e. The third-order valence-corrected chi connectivity index (χ3v) is 7.14. The first-order valence-corrected chi connectivity index (χ1v) is 13.0. The van der Waals surface area contributed by atoms with Crippen LogP contribution in [-0.4, -0.2) is 51.3 Å². The van der Waals surface area contributed by atoms with Gasteiger partial charge in [-0.2, -0.15) is 0 Å². The number of allylic oxidation sites excluding steroid dienone is 1. The molecule has 36 heavy (non-hydrogen) atoms. The van der Waals surface area contributed by atoms with Crippen LogP contribution in [0.4, 0.5) is 5.69 Å². The van der Waals surface area contributed by atoms with Gasteiger partial charge in [-0.05, 0) is 71.9 Å². The van der Waals surface area contributed by atoms with E-state index in [9.17, 15) is 0 Å². The van der Waals surface area contributed by atoms with Crippen LogP contribution in [0.2, 0.25) is 0 Å². The molecule has 1 fully saturated rings. The van der Waals surface area contributed by atoms with Crippen LogP contribution in [0.15, 0.2) is 72.8 Å². The summed E-state index contributed by atoms with van der Waals surface area (Å²) >= 11 is 0. The molecule has 0 unspecified atom stereocenters. The van der Waals surface area contributed by atoms with Crippen LogP contribution in [-0.2, 0) is 0 Å². The summed E-state index contributed by atoms with van der Waals surface area (Å²) in [4.78, 5) is 4.99. The number of ether oxygens (including phenoxy) is 2. The van der Waals surface area contributed by atoms with E-state index in [4.69, 9.17) is 9.47 Å². The van der Waals surface area contributed by atoms with Crippen molar-refractivity contribution >= 4 is 16.8 Å². The topological polar surface area (TPSA) is 24.9 Å². The van der Waals surface area contributed by atoms with Gasteiger partial charge in [-0.1, -0.05) is 62.4 Å². The lowest BCUT2D eigenvalue weighted by molar-refractivity contribution is 0.209. The Balaban J connectivity index is 1.84. The van der Waals surface area contributed by atoms with Crippen LogP contribution >= 0.6 is 0 Å². The molecule has 0 aromatic heterocycles. The third-order valence-electron chi connectivity index (χ3n) is 7.14. The highest BCUT2D eigenvalue weighted by Gasteiger charge is 2.23. The fraction of sp³-hybridized carbons (Fsp3) is 0.375. The van der Waals surface area contributed by atoms with Gasteiger partial charge in [-0.15, -0.1) is 0 Å². The zero-order chi connectivity index (χ0) is 25.7. The molecule has 0 amide bonds. The maximum atomic E-state index is 5.99. The van der Waals surface area contributed by atoms with Crippen molar-refractivity contribution in [2.24, 2.45) is 5.92 Å². The lowest BCUT2D eigenvalue weighted by Gasteiger charge is -2.38. The van der Waals surface area contributed by atoms with Crippen LogP contribution in [0.3, 0.4) is 0 Å². The highest BCUT2D eigenvalue weighted by atomic mass is 16.5. The molecule has 3 aromatic rings. The Morgan fingerprint density at radius 2 is 1.36 bits per heavy atom. The predicted octanol–water partition coefficient (Wildman–Crippen LogP) is 6.85. The van der Waals surface area contributed by atoms with Crippen LogP contribution in [0.1, 0.15) is 44.4 Å². The van der Waals surface area contributed by atoms with Gasteiger partial charge in [0.05, 0.1) is 19.9 Å². The summed E-state index contributed by atoms with van der Waals surface area (Å²) in [5, 5.41) is 0. The van der Waals surface area contributed by atoms with Crippen LogP contribution in [0, 0.1) is 5.92 Å². The van der Waals surface area contributed by atoms with Crippen molar-refractivity contribution in [2.75, 3.05) is 45.3 Å². The first-order valence-electron chi connectivity index (χ1n) is 13.0. The Morgan fingerprint density at radius 1 is 0.694 bits per heavy atom. The molecule has 0 aliphatic carbocycles. The van der Waals surface area contributed by atoms with E-state index in [-0.39, 0.29) is 0 Å². The van der Waals surface area contributed by atoms with E-state index in [1.165, 1.54) is 22.4 Å². The average molecular weight is 485 g/mol. The zero-order valence-corrected chi connectivity index (χ0v) is 22.6. The molecule has 4 nitrogen and oxygen atoms in total. The molecule has 0 radical (unpaired) electrons. The maximum Gasteiger partial charge on any atom is 0.142 e. The third kappa shape index (κ3) is 5.60. The highest BCUT2D eigenvalue weighted by Crippen LogP contribution is 2.41. The van der Waals surface area contributed by atoms with Gasteiger partial charge in [-0.3, -0.25) is 4.90 Å². The summed E-state index contributed by atoms with van der Waals surface area (Å²) in [6.45, 7) is 13.2. The standard InChI is InChI=1S/C32H40N2O2/c1-23(2)31(25-11-8-7-9-12-25)32(26-13-10-14-28(21-26)35-5)27-15-16-29(30(22-27)36-6)34-19-17-33(18-20-34)24(3)4/h7-16,21-24H,17-20H2,1-6H3/b32-31-. The molecule has 1 aliphatic heterocycles. The predicted molar refractivity (Wildman–Crippen MR) is 152 cm³/mol. The lowest BCUT2D eigenvalue weighted by atomic mass is 9.84. The maximum absolute atomic E-state index is 5.99. The van der Waals surface area contributed by atoms with E-state index in [1.807, 2.05) is 6.07 Å². The molecule has 3 aromatic carbocycles. The zero-order valence-electron chi connectivity index (χ0n) is 22.6. The van der Waals surface area contributed by atoms with Gasteiger partial charge < -0.3 is 14.4 Å². The molecule has 1 aliphatic rings. The van der Waals surface area contributed by atoms with Crippen molar-refractivity contribution in [1.82, 2.24) is 4.90 Å². The molecule has 4 rings (SSSR count). The van der Waals surface area contributed by atoms with E-state index in [0.29, 0.717) is 12.0 Å². The molecule has 1 heterocycles. The Bertz CT molecular complexity index is 1180. The SMILES string of the molecule is COc1cccc(/C(=C(/c2ccccc2)C(C)C)c2ccc(N3CCN(C(C)C)CC3)c(OC)c2)c1. The van der Waals surface area contributed by atoms with E-state index in [0.717, 1.165) is 48.8 Å². The molecular weight excluding hydrogens is 444 g/mol.